The highest BCUT2D eigenvalue weighted by atomic mass is 16.5. The molecule has 4 rings (SSSR count). The second-order valence-electron chi connectivity index (χ2n) is 10.2. The van der Waals surface area contributed by atoms with Crippen molar-refractivity contribution >= 4 is 18.2 Å². The van der Waals surface area contributed by atoms with E-state index in [0.717, 1.165) is 57.8 Å². The van der Waals surface area contributed by atoms with Crippen molar-refractivity contribution in [3.05, 3.63) is 11.6 Å². The van der Waals surface area contributed by atoms with Crippen molar-refractivity contribution in [2.75, 3.05) is 0 Å². The smallest absolute Gasteiger partial charge is 0.302 e. The molecule has 6 heteroatoms. The first-order chi connectivity index (χ1) is 14.3. The number of allylic oxidation sites excluding steroid dienone is 1. The summed E-state index contributed by atoms with van der Waals surface area (Å²) in [7, 11) is 0. The molecule has 0 aromatic heterocycles. The van der Waals surface area contributed by atoms with Gasteiger partial charge in [-0.1, -0.05) is 18.6 Å². The molecule has 30 heavy (non-hydrogen) atoms. The van der Waals surface area contributed by atoms with Crippen LogP contribution in [0.4, 0.5) is 0 Å². The number of oxime groups is 1. The van der Waals surface area contributed by atoms with Crippen molar-refractivity contribution in [2.24, 2.45) is 33.7 Å². The van der Waals surface area contributed by atoms with Crippen molar-refractivity contribution in [1.29, 1.82) is 0 Å². The first kappa shape index (κ1) is 21.4. The van der Waals surface area contributed by atoms with Gasteiger partial charge in [-0.3, -0.25) is 9.59 Å². The third-order valence-corrected chi connectivity index (χ3v) is 8.87. The Kier molecular flexibility index (Phi) is 5.71. The highest BCUT2D eigenvalue weighted by molar-refractivity contribution is 5.66. The number of carbonyl (C=O) groups excluding carboxylic acids is 2. The molecule has 0 heterocycles. The van der Waals surface area contributed by atoms with E-state index >= 15 is 0 Å². The van der Waals surface area contributed by atoms with Gasteiger partial charge in [0.05, 0.1) is 0 Å². The summed E-state index contributed by atoms with van der Waals surface area (Å²) in [5, 5.41) is 12.5. The second kappa shape index (κ2) is 8.01. The molecule has 0 radical (unpaired) electrons. The first-order valence-corrected chi connectivity index (χ1v) is 11.5. The van der Waals surface area contributed by atoms with Crippen molar-refractivity contribution in [3.8, 4) is 0 Å². The third-order valence-electron chi connectivity index (χ3n) is 8.87. The number of fused-ring (bicyclic) bond motifs is 5. The zero-order chi connectivity index (χ0) is 21.5. The van der Waals surface area contributed by atoms with Crippen LogP contribution in [0.3, 0.4) is 0 Å². The summed E-state index contributed by atoms with van der Waals surface area (Å²) in [6.07, 6.45) is 12.7. The van der Waals surface area contributed by atoms with E-state index in [-0.39, 0.29) is 35.0 Å². The lowest BCUT2D eigenvalue weighted by molar-refractivity contribution is -0.157. The minimum absolute atomic E-state index is 0.00730. The molecular formula is C24H35NO5. The van der Waals surface area contributed by atoms with E-state index in [4.69, 9.17) is 9.47 Å². The van der Waals surface area contributed by atoms with Crippen LogP contribution in [0.25, 0.3) is 0 Å². The van der Waals surface area contributed by atoms with Crippen LogP contribution in [0.5, 0.6) is 0 Å². The van der Waals surface area contributed by atoms with Gasteiger partial charge in [0.25, 0.3) is 0 Å². The minimum Gasteiger partial charge on any atom is -0.462 e. The molecule has 0 aromatic rings. The van der Waals surface area contributed by atoms with Crippen LogP contribution < -0.4 is 0 Å². The molecule has 0 bridgehead atoms. The van der Waals surface area contributed by atoms with Crippen LogP contribution in [0, 0.1) is 28.6 Å². The van der Waals surface area contributed by atoms with E-state index in [1.165, 1.54) is 19.4 Å². The Bertz CT molecular complexity index is 761. The van der Waals surface area contributed by atoms with E-state index in [2.05, 4.69) is 18.2 Å². The van der Waals surface area contributed by atoms with Gasteiger partial charge in [-0.15, -0.1) is 5.16 Å². The third kappa shape index (κ3) is 3.46. The number of ether oxygens (including phenoxy) is 2. The lowest BCUT2D eigenvalue weighted by atomic mass is 9.46. The SMILES string of the molecule is CC(=O)O[C@H]1CC[C@@]2(C/C=N\O)C(=CCC3C2CC[C@@]2(C)C3CC[C@@H]2OC(C)=O)C1. The Balaban J connectivity index is 1.62. The molecule has 4 aliphatic rings. The van der Waals surface area contributed by atoms with E-state index < -0.39 is 0 Å². The Labute approximate surface area is 179 Å². The molecule has 4 aliphatic carbocycles. The molecule has 3 fully saturated rings. The Morgan fingerprint density at radius 3 is 2.60 bits per heavy atom. The Morgan fingerprint density at radius 1 is 1.13 bits per heavy atom. The summed E-state index contributed by atoms with van der Waals surface area (Å²) in [5.74, 6) is 1.25. The van der Waals surface area contributed by atoms with E-state index in [1.807, 2.05) is 0 Å². The van der Waals surface area contributed by atoms with Crippen LogP contribution >= 0.6 is 0 Å². The predicted molar refractivity (Wildman–Crippen MR) is 112 cm³/mol. The molecule has 6 nitrogen and oxygen atoms in total. The number of hydrogen-bond acceptors (Lipinski definition) is 6. The van der Waals surface area contributed by atoms with Crippen LogP contribution in [0.15, 0.2) is 16.8 Å². The molecule has 0 saturated heterocycles. The van der Waals surface area contributed by atoms with Gasteiger partial charge in [-0.05, 0) is 74.5 Å². The van der Waals surface area contributed by atoms with Crippen molar-refractivity contribution in [2.45, 2.75) is 90.8 Å². The number of rotatable bonds is 4. The summed E-state index contributed by atoms with van der Waals surface area (Å²) in [6.45, 7) is 5.32. The number of hydrogen-bond donors (Lipinski definition) is 1. The molecule has 0 aliphatic heterocycles. The Morgan fingerprint density at radius 2 is 1.90 bits per heavy atom. The average molecular weight is 418 g/mol. The van der Waals surface area contributed by atoms with Gasteiger partial charge in [0.15, 0.2) is 0 Å². The molecule has 0 spiro atoms. The van der Waals surface area contributed by atoms with E-state index in [1.54, 1.807) is 6.21 Å². The quantitative estimate of drug-likeness (QED) is 0.237. The standard InChI is InChI=1S/C24H35NO5/c1-15(26)29-18-8-11-24(12-13-25-28)17(14-18)4-5-19-20-6-7-22(30-16(2)27)23(20,3)10-9-21(19)24/h4,13,18-22,28H,5-12,14H2,1-3H3/b25-13-/t18-,19?,20?,21?,22-,23-,24+/m0/s1. The largest absolute Gasteiger partial charge is 0.462 e. The fraction of sp³-hybridized carbons (Fsp3) is 0.792. The van der Waals surface area contributed by atoms with Gasteiger partial charge in [0.1, 0.15) is 12.2 Å². The van der Waals surface area contributed by atoms with Crippen LogP contribution in [-0.2, 0) is 19.1 Å². The summed E-state index contributed by atoms with van der Waals surface area (Å²) < 4.78 is 11.3. The fourth-order valence-corrected chi connectivity index (χ4v) is 7.69. The maximum atomic E-state index is 11.7. The predicted octanol–water partition coefficient (Wildman–Crippen LogP) is 4.64. The van der Waals surface area contributed by atoms with Gasteiger partial charge >= 0.3 is 11.9 Å². The van der Waals surface area contributed by atoms with Gasteiger partial charge in [0, 0.05) is 31.9 Å². The van der Waals surface area contributed by atoms with Crippen molar-refractivity contribution < 1.29 is 24.3 Å². The average Bonchev–Trinajstić information content (AvgIpc) is 3.01. The van der Waals surface area contributed by atoms with Gasteiger partial charge in [0.2, 0.25) is 0 Å². The number of nitrogens with zero attached hydrogens (tertiary/aromatic N) is 1. The maximum absolute atomic E-state index is 11.7. The van der Waals surface area contributed by atoms with Crippen LogP contribution in [0.2, 0.25) is 0 Å². The zero-order valence-corrected chi connectivity index (χ0v) is 18.4. The number of esters is 2. The summed E-state index contributed by atoms with van der Waals surface area (Å²) >= 11 is 0. The normalized spacial score (nSPS) is 42.6. The topological polar surface area (TPSA) is 85.2 Å². The summed E-state index contributed by atoms with van der Waals surface area (Å²) in [4.78, 5) is 23.1. The second-order valence-corrected chi connectivity index (χ2v) is 10.2. The van der Waals surface area contributed by atoms with Gasteiger partial charge in [-0.2, -0.15) is 0 Å². The minimum atomic E-state index is -0.213. The molecule has 3 unspecified atom stereocenters. The molecule has 1 N–H and O–H groups in total. The maximum Gasteiger partial charge on any atom is 0.302 e. The lowest BCUT2D eigenvalue weighted by Gasteiger charge is -2.58. The van der Waals surface area contributed by atoms with Gasteiger partial charge in [-0.25, -0.2) is 0 Å². The summed E-state index contributed by atoms with van der Waals surface area (Å²) in [5.41, 5.74) is 1.44. The van der Waals surface area contributed by atoms with E-state index in [9.17, 15) is 14.8 Å². The molecular weight excluding hydrogens is 382 g/mol. The Hall–Kier alpha value is -1.85. The lowest BCUT2D eigenvalue weighted by Crippen LogP contribution is -2.52. The molecule has 166 valence electrons. The highest BCUT2D eigenvalue weighted by Crippen LogP contribution is 2.66. The summed E-state index contributed by atoms with van der Waals surface area (Å²) in [6, 6.07) is 0. The molecule has 7 atom stereocenters. The van der Waals surface area contributed by atoms with Crippen LogP contribution in [0.1, 0.15) is 78.6 Å². The van der Waals surface area contributed by atoms with Crippen molar-refractivity contribution in [1.82, 2.24) is 0 Å². The molecule has 0 aromatic carbocycles. The van der Waals surface area contributed by atoms with E-state index in [0.29, 0.717) is 17.8 Å². The molecule has 3 saturated carbocycles. The molecule has 0 amide bonds. The van der Waals surface area contributed by atoms with Gasteiger partial charge < -0.3 is 14.7 Å². The van der Waals surface area contributed by atoms with Crippen LogP contribution in [-0.4, -0.2) is 35.6 Å². The number of carbonyl (C=O) groups is 2. The monoisotopic (exact) mass is 417 g/mol. The first-order valence-electron chi connectivity index (χ1n) is 11.5. The zero-order valence-electron chi connectivity index (χ0n) is 18.4. The highest BCUT2D eigenvalue weighted by Gasteiger charge is 2.60. The fourth-order valence-electron chi connectivity index (χ4n) is 7.69. The van der Waals surface area contributed by atoms with Crippen molar-refractivity contribution in [3.63, 3.8) is 0 Å².